The van der Waals surface area contributed by atoms with Crippen LogP contribution in [0.2, 0.25) is 0 Å². The molecule has 1 aliphatic rings. The van der Waals surface area contributed by atoms with Crippen molar-refractivity contribution in [2.75, 3.05) is 13.2 Å². The molecule has 1 saturated heterocycles. The lowest BCUT2D eigenvalue weighted by Crippen LogP contribution is -2.27. The Kier molecular flexibility index (Phi) is 4.02. The van der Waals surface area contributed by atoms with Crippen molar-refractivity contribution >= 4 is 0 Å². The van der Waals surface area contributed by atoms with Gasteiger partial charge in [-0.3, -0.25) is 5.32 Å². The van der Waals surface area contributed by atoms with Gasteiger partial charge in [0.1, 0.15) is 12.0 Å². The van der Waals surface area contributed by atoms with E-state index in [-0.39, 0.29) is 12.3 Å². The maximum Gasteiger partial charge on any atom is 0.119 e. The van der Waals surface area contributed by atoms with Gasteiger partial charge in [0.05, 0.1) is 12.7 Å². The minimum absolute atomic E-state index is 0.165. The lowest BCUT2D eigenvalue weighted by Gasteiger charge is -2.16. The summed E-state index contributed by atoms with van der Waals surface area (Å²) in [6.45, 7) is 7.91. The zero-order valence-electron chi connectivity index (χ0n) is 10.8. The molecular formula is C14H21NO2. The van der Waals surface area contributed by atoms with Crippen LogP contribution in [0, 0.1) is 5.92 Å². The van der Waals surface area contributed by atoms with Gasteiger partial charge in [0, 0.05) is 6.54 Å². The number of hydrogen-bond acceptors (Lipinski definition) is 3. The number of rotatable bonds is 4. The molecule has 0 amide bonds. The Morgan fingerprint density at radius 3 is 2.59 bits per heavy atom. The third-order valence-electron chi connectivity index (χ3n) is 2.98. The second kappa shape index (κ2) is 5.52. The highest BCUT2D eigenvalue weighted by Gasteiger charge is 2.27. The molecule has 0 radical (unpaired) electrons. The van der Waals surface area contributed by atoms with E-state index in [2.05, 4.69) is 31.3 Å². The van der Waals surface area contributed by atoms with Crippen LogP contribution in [0.3, 0.4) is 0 Å². The van der Waals surface area contributed by atoms with Crippen LogP contribution in [0.4, 0.5) is 0 Å². The fourth-order valence-corrected chi connectivity index (χ4v) is 2.03. The zero-order valence-corrected chi connectivity index (χ0v) is 10.8. The first-order valence-electron chi connectivity index (χ1n) is 6.32. The van der Waals surface area contributed by atoms with Crippen LogP contribution in [0.15, 0.2) is 24.3 Å². The molecule has 0 saturated carbocycles. The third kappa shape index (κ3) is 2.99. The number of ether oxygens (including phenoxy) is 2. The first-order chi connectivity index (χ1) is 8.20. The van der Waals surface area contributed by atoms with Gasteiger partial charge in [-0.15, -0.1) is 0 Å². The molecule has 1 heterocycles. The van der Waals surface area contributed by atoms with E-state index in [1.165, 1.54) is 5.56 Å². The molecule has 2 unspecified atom stereocenters. The monoisotopic (exact) mass is 235 g/mol. The minimum atomic E-state index is 0.165. The van der Waals surface area contributed by atoms with E-state index in [9.17, 15) is 0 Å². The van der Waals surface area contributed by atoms with Gasteiger partial charge in [-0.1, -0.05) is 26.0 Å². The summed E-state index contributed by atoms with van der Waals surface area (Å²) in [5, 5.41) is 3.39. The summed E-state index contributed by atoms with van der Waals surface area (Å²) < 4.78 is 11.4. The molecule has 1 aromatic rings. The van der Waals surface area contributed by atoms with Crippen molar-refractivity contribution in [1.82, 2.24) is 5.32 Å². The summed E-state index contributed by atoms with van der Waals surface area (Å²) in [4.78, 5) is 0. The Labute approximate surface area is 103 Å². The van der Waals surface area contributed by atoms with Gasteiger partial charge in [-0.25, -0.2) is 0 Å². The van der Waals surface area contributed by atoms with Crippen LogP contribution >= 0.6 is 0 Å². The molecule has 1 aliphatic heterocycles. The largest absolute Gasteiger partial charge is 0.494 e. The van der Waals surface area contributed by atoms with Crippen LogP contribution < -0.4 is 10.1 Å². The van der Waals surface area contributed by atoms with Crippen LogP contribution in [0.1, 0.15) is 32.4 Å². The summed E-state index contributed by atoms with van der Waals surface area (Å²) in [7, 11) is 0. The highest BCUT2D eigenvalue weighted by Crippen LogP contribution is 2.26. The van der Waals surface area contributed by atoms with Crippen molar-refractivity contribution < 1.29 is 9.47 Å². The van der Waals surface area contributed by atoms with E-state index in [0.717, 1.165) is 12.3 Å². The predicted molar refractivity (Wildman–Crippen MR) is 68.1 cm³/mol. The number of nitrogens with one attached hydrogen (secondary N) is 1. The normalized spacial score (nSPS) is 24.2. The lowest BCUT2D eigenvalue weighted by molar-refractivity contribution is 0.0136. The van der Waals surface area contributed by atoms with Crippen LogP contribution in [0.5, 0.6) is 5.75 Å². The fraction of sp³-hybridized carbons (Fsp3) is 0.571. The molecule has 2 atom stereocenters. The lowest BCUT2D eigenvalue weighted by atomic mass is 10.1. The smallest absolute Gasteiger partial charge is 0.119 e. The van der Waals surface area contributed by atoms with E-state index in [0.29, 0.717) is 12.5 Å². The molecule has 1 aromatic carbocycles. The van der Waals surface area contributed by atoms with Gasteiger partial charge in [0.2, 0.25) is 0 Å². The zero-order chi connectivity index (χ0) is 12.3. The van der Waals surface area contributed by atoms with Gasteiger partial charge in [0.15, 0.2) is 0 Å². The summed E-state index contributed by atoms with van der Waals surface area (Å²) in [5.74, 6) is 1.42. The van der Waals surface area contributed by atoms with Gasteiger partial charge in [-0.05, 0) is 30.5 Å². The quantitative estimate of drug-likeness (QED) is 0.870. The van der Waals surface area contributed by atoms with E-state index < -0.39 is 0 Å². The average molecular weight is 235 g/mol. The topological polar surface area (TPSA) is 30.5 Å². The average Bonchev–Trinajstić information content (AvgIpc) is 2.80. The highest BCUT2D eigenvalue weighted by molar-refractivity contribution is 5.29. The van der Waals surface area contributed by atoms with Crippen molar-refractivity contribution in [3.63, 3.8) is 0 Å². The molecule has 1 N–H and O–H groups in total. The predicted octanol–water partition coefficient (Wildman–Crippen LogP) is 2.73. The summed E-state index contributed by atoms with van der Waals surface area (Å²) in [6.07, 6.45) is 0.338. The van der Waals surface area contributed by atoms with Gasteiger partial charge < -0.3 is 9.47 Å². The summed E-state index contributed by atoms with van der Waals surface area (Å²) >= 11 is 0. The molecule has 0 spiro atoms. The second-order valence-electron chi connectivity index (χ2n) is 4.70. The summed E-state index contributed by atoms with van der Waals surface area (Å²) in [5.41, 5.74) is 1.21. The molecule has 0 bridgehead atoms. The molecule has 94 valence electrons. The standard InChI is InChI=1S/C14H21NO2/c1-4-16-12-7-5-11(6-8-12)13-9-15-14(17-13)10(2)3/h5-8,10,13-15H,4,9H2,1-3H3. The molecular weight excluding hydrogens is 214 g/mol. The van der Waals surface area contributed by atoms with E-state index in [4.69, 9.17) is 9.47 Å². The van der Waals surface area contributed by atoms with Crippen molar-refractivity contribution in [1.29, 1.82) is 0 Å². The first-order valence-corrected chi connectivity index (χ1v) is 6.32. The van der Waals surface area contributed by atoms with E-state index >= 15 is 0 Å². The minimum Gasteiger partial charge on any atom is -0.494 e. The van der Waals surface area contributed by atoms with Crippen LogP contribution in [0.25, 0.3) is 0 Å². The van der Waals surface area contributed by atoms with Crippen molar-refractivity contribution in [3.8, 4) is 5.75 Å². The molecule has 0 aromatic heterocycles. The van der Waals surface area contributed by atoms with Crippen molar-refractivity contribution in [2.24, 2.45) is 5.92 Å². The molecule has 0 aliphatic carbocycles. The summed E-state index contributed by atoms with van der Waals surface area (Å²) in [6, 6.07) is 8.18. The first kappa shape index (κ1) is 12.4. The Morgan fingerprint density at radius 1 is 1.35 bits per heavy atom. The Morgan fingerprint density at radius 2 is 2.06 bits per heavy atom. The number of benzene rings is 1. The fourth-order valence-electron chi connectivity index (χ4n) is 2.03. The molecule has 1 fully saturated rings. The van der Waals surface area contributed by atoms with Crippen LogP contribution in [-0.4, -0.2) is 19.4 Å². The molecule has 2 rings (SSSR count). The van der Waals surface area contributed by atoms with Gasteiger partial charge in [0.25, 0.3) is 0 Å². The number of hydrogen-bond donors (Lipinski definition) is 1. The highest BCUT2D eigenvalue weighted by atomic mass is 16.5. The van der Waals surface area contributed by atoms with Crippen molar-refractivity contribution in [2.45, 2.75) is 33.1 Å². The van der Waals surface area contributed by atoms with E-state index in [1.807, 2.05) is 19.1 Å². The maximum absolute atomic E-state index is 5.96. The third-order valence-corrected chi connectivity index (χ3v) is 2.98. The molecule has 3 nitrogen and oxygen atoms in total. The van der Waals surface area contributed by atoms with Gasteiger partial charge >= 0.3 is 0 Å². The van der Waals surface area contributed by atoms with Gasteiger partial charge in [-0.2, -0.15) is 0 Å². The van der Waals surface area contributed by atoms with Crippen molar-refractivity contribution in [3.05, 3.63) is 29.8 Å². The molecule has 3 heteroatoms. The second-order valence-corrected chi connectivity index (χ2v) is 4.70. The Balaban J connectivity index is 1.99. The van der Waals surface area contributed by atoms with Crippen LogP contribution in [-0.2, 0) is 4.74 Å². The molecule has 17 heavy (non-hydrogen) atoms. The van der Waals surface area contributed by atoms with E-state index in [1.54, 1.807) is 0 Å². The Bertz CT molecular complexity index is 348. The SMILES string of the molecule is CCOc1ccc(C2CNC(C(C)C)O2)cc1. The Hall–Kier alpha value is -1.06. The maximum atomic E-state index is 5.96.